The molecule has 0 aliphatic carbocycles. The van der Waals surface area contributed by atoms with Gasteiger partial charge in [-0.3, -0.25) is 19.3 Å². The molecule has 0 N–H and O–H groups in total. The topological polar surface area (TPSA) is 49.9 Å². The zero-order chi connectivity index (χ0) is 17.6. The highest BCUT2D eigenvalue weighted by Gasteiger charge is 2.60. The molecule has 0 bridgehead atoms. The summed E-state index contributed by atoms with van der Waals surface area (Å²) in [5, 5.41) is 1.72. The largest absolute Gasteiger partial charge is 0.277 e. The number of para-hydroxylation sites is 1. The zero-order valence-corrected chi connectivity index (χ0v) is 14.2. The van der Waals surface area contributed by atoms with Crippen LogP contribution in [0.25, 0.3) is 0 Å². The Kier molecular flexibility index (Phi) is 3.81. The summed E-state index contributed by atoms with van der Waals surface area (Å²) in [7, 11) is 0. The average molecular weight is 336 g/mol. The summed E-state index contributed by atoms with van der Waals surface area (Å²) in [6.07, 6.45) is -0.764. The first kappa shape index (κ1) is 15.8. The zero-order valence-electron chi connectivity index (χ0n) is 14.2. The maximum absolute atomic E-state index is 13.0. The van der Waals surface area contributed by atoms with Crippen LogP contribution in [0.4, 0.5) is 5.69 Å². The van der Waals surface area contributed by atoms with Crippen molar-refractivity contribution in [2.24, 2.45) is 5.92 Å². The highest BCUT2D eigenvalue weighted by molar-refractivity contribution is 6.08. The smallest absolute Gasteiger partial charge is 0.262 e. The Bertz CT molecular complexity index is 791. The molecule has 2 aromatic carbocycles. The molecule has 3 atom stereocenters. The van der Waals surface area contributed by atoms with Gasteiger partial charge in [-0.2, -0.15) is 0 Å². The van der Waals surface area contributed by atoms with Crippen molar-refractivity contribution in [3.8, 4) is 0 Å². The summed E-state index contributed by atoms with van der Waals surface area (Å²) in [5.74, 6) is -0.931. The second-order valence-electron chi connectivity index (χ2n) is 6.71. The summed E-state index contributed by atoms with van der Waals surface area (Å²) < 4.78 is 0. The number of hydrogen-bond donors (Lipinski definition) is 0. The van der Waals surface area contributed by atoms with Crippen LogP contribution in [0.15, 0.2) is 60.7 Å². The van der Waals surface area contributed by atoms with E-state index in [-0.39, 0.29) is 23.9 Å². The van der Waals surface area contributed by atoms with Crippen molar-refractivity contribution in [1.29, 1.82) is 0 Å². The second kappa shape index (κ2) is 6.01. The standard InChI is InChI=1S/C20H20N2O3/c1-13(2)21-19(23)16-17(14-9-5-3-6-10-14)22(25-18(16)20(21)24)15-11-7-4-8-12-15/h3-13,16-18H,1-2H3. The highest BCUT2D eigenvalue weighted by Crippen LogP contribution is 2.46. The molecule has 2 aliphatic heterocycles. The first-order chi connectivity index (χ1) is 12.1. The molecule has 2 amide bonds. The number of hydroxylamine groups is 1. The lowest BCUT2D eigenvalue weighted by molar-refractivity contribution is -0.145. The molecule has 0 saturated carbocycles. The lowest BCUT2D eigenvalue weighted by Gasteiger charge is -2.29. The third-order valence-corrected chi connectivity index (χ3v) is 4.82. The molecule has 0 spiro atoms. The van der Waals surface area contributed by atoms with Crippen molar-refractivity contribution in [2.75, 3.05) is 5.06 Å². The summed E-state index contributed by atoms with van der Waals surface area (Å²) in [4.78, 5) is 33.1. The number of rotatable bonds is 3. The minimum absolute atomic E-state index is 0.155. The van der Waals surface area contributed by atoms with Crippen molar-refractivity contribution < 1.29 is 14.4 Å². The van der Waals surface area contributed by atoms with E-state index in [2.05, 4.69) is 0 Å². The Morgan fingerprint density at radius 1 is 0.880 bits per heavy atom. The van der Waals surface area contributed by atoms with Crippen molar-refractivity contribution >= 4 is 17.5 Å². The van der Waals surface area contributed by atoms with Gasteiger partial charge < -0.3 is 0 Å². The fraction of sp³-hybridized carbons (Fsp3) is 0.300. The normalized spacial score (nSPS) is 25.8. The number of imide groups is 1. The van der Waals surface area contributed by atoms with Gasteiger partial charge in [0.15, 0.2) is 6.10 Å². The molecular weight excluding hydrogens is 316 g/mol. The number of nitrogens with zero attached hydrogens (tertiary/aromatic N) is 2. The fourth-order valence-corrected chi connectivity index (χ4v) is 3.73. The Morgan fingerprint density at radius 3 is 2.08 bits per heavy atom. The minimum atomic E-state index is -0.764. The van der Waals surface area contributed by atoms with Gasteiger partial charge in [0.25, 0.3) is 5.91 Å². The van der Waals surface area contributed by atoms with Crippen LogP contribution in [0.1, 0.15) is 25.5 Å². The van der Waals surface area contributed by atoms with E-state index in [0.29, 0.717) is 0 Å². The van der Waals surface area contributed by atoms with Crippen LogP contribution < -0.4 is 5.06 Å². The number of likely N-dealkylation sites (tertiary alicyclic amines) is 1. The number of amides is 2. The van der Waals surface area contributed by atoms with Gasteiger partial charge in [-0.15, -0.1) is 0 Å². The predicted molar refractivity (Wildman–Crippen MR) is 93.5 cm³/mol. The number of benzene rings is 2. The fourth-order valence-electron chi connectivity index (χ4n) is 3.73. The number of carbonyl (C=O) groups is 2. The molecule has 4 rings (SSSR count). The molecular formula is C20H20N2O3. The SMILES string of the molecule is CC(C)N1C(=O)C2ON(c3ccccc3)C(c3ccccc3)C2C1=O. The summed E-state index contributed by atoms with van der Waals surface area (Å²) in [6, 6.07) is 18.9. The number of carbonyl (C=O) groups excluding carboxylic acids is 2. The lowest BCUT2D eigenvalue weighted by atomic mass is 9.90. The molecule has 2 heterocycles. The molecule has 128 valence electrons. The Morgan fingerprint density at radius 2 is 1.48 bits per heavy atom. The molecule has 2 aromatic rings. The van der Waals surface area contributed by atoms with Gasteiger partial charge in [-0.25, -0.2) is 5.06 Å². The van der Waals surface area contributed by atoms with Crippen LogP contribution in [0.2, 0.25) is 0 Å². The van der Waals surface area contributed by atoms with Crippen LogP contribution in [-0.4, -0.2) is 28.9 Å². The van der Waals surface area contributed by atoms with Gasteiger partial charge in [0.1, 0.15) is 5.92 Å². The van der Waals surface area contributed by atoms with Crippen LogP contribution in [0.5, 0.6) is 0 Å². The monoisotopic (exact) mass is 336 g/mol. The van der Waals surface area contributed by atoms with Crippen molar-refractivity contribution in [2.45, 2.75) is 32.0 Å². The highest BCUT2D eigenvalue weighted by atomic mass is 16.7. The molecule has 2 fully saturated rings. The molecule has 5 heteroatoms. The molecule has 5 nitrogen and oxygen atoms in total. The van der Waals surface area contributed by atoms with Gasteiger partial charge >= 0.3 is 0 Å². The number of hydrogen-bond acceptors (Lipinski definition) is 4. The van der Waals surface area contributed by atoms with E-state index in [1.807, 2.05) is 74.5 Å². The first-order valence-corrected chi connectivity index (χ1v) is 8.52. The van der Waals surface area contributed by atoms with Gasteiger partial charge in [-0.1, -0.05) is 48.5 Å². The summed E-state index contributed by atoms with van der Waals surface area (Å²) in [6.45, 7) is 3.70. The predicted octanol–water partition coefficient (Wildman–Crippen LogP) is 2.94. The van der Waals surface area contributed by atoms with Crippen molar-refractivity contribution in [1.82, 2.24) is 4.90 Å². The van der Waals surface area contributed by atoms with E-state index < -0.39 is 12.0 Å². The molecule has 3 unspecified atom stereocenters. The summed E-state index contributed by atoms with van der Waals surface area (Å²) >= 11 is 0. The maximum atomic E-state index is 13.0. The van der Waals surface area contributed by atoms with Crippen molar-refractivity contribution in [3.63, 3.8) is 0 Å². The van der Waals surface area contributed by atoms with E-state index >= 15 is 0 Å². The van der Waals surface area contributed by atoms with E-state index in [4.69, 9.17) is 4.84 Å². The Labute approximate surface area is 146 Å². The molecule has 0 aromatic heterocycles. The van der Waals surface area contributed by atoms with E-state index in [1.165, 1.54) is 4.90 Å². The minimum Gasteiger partial charge on any atom is -0.277 e. The third kappa shape index (κ3) is 2.43. The molecule has 0 radical (unpaired) electrons. The van der Waals surface area contributed by atoms with Crippen LogP contribution in [-0.2, 0) is 14.4 Å². The van der Waals surface area contributed by atoms with Gasteiger partial charge in [0.05, 0.1) is 11.7 Å². The maximum Gasteiger partial charge on any atom is 0.262 e. The van der Waals surface area contributed by atoms with E-state index in [0.717, 1.165) is 11.3 Å². The lowest BCUT2D eigenvalue weighted by Crippen LogP contribution is -2.41. The average Bonchev–Trinajstić information content (AvgIpc) is 3.13. The van der Waals surface area contributed by atoms with Crippen LogP contribution in [0, 0.1) is 5.92 Å². The first-order valence-electron chi connectivity index (χ1n) is 8.52. The van der Waals surface area contributed by atoms with Gasteiger partial charge in [0.2, 0.25) is 5.91 Å². The van der Waals surface area contributed by atoms with Crippen molar-refractivity contribution in [3.05, 3.63) is 66.2 Å². The molecule has 25 heavy (non-hydrogen) atoms. The van der Waals surface area contributed by atoms with Crippen LogP contribution >= 0.6 is 0 Å². The second-order valence-corrected chi connectivity index (χ2v) is 6.71. The molecule has 2 saturated heterocycles. The Balaban J connectivity index is 1.80. The quantitative estimate of drug-likeness (QED) is 0.809. The third-order valence-electron chi connectivity index (χ3n) is 4.82. The van der Waals surface area contributed by atoms with E-state index in [9.17, 15) is 9.59 Å². The molecule has 2 aliphatic rings. The van der Waals surface area contributed by atoms with Gasteiger partial charge in [-0.05, 0) is 31.5 Å². The van der Waals surface area contributed by atoms with Gasteiger partial charge in [0, 0.05) is 6.04 Å². The van der Waals surface area contributed by atoms with Crippen LogP contribution in [0.3, 0.4) is 0 Å². The number of fused-ring (bicyclic) bond motifs is 1. The Hall–Kier alpha value is -2.66. The van der Waals surface area contributed by atoms with E-state index in [1.54, 1.807) is 5.06 Å². The summed E-state index contributed by atoms with van der Waals surface area (Å²) in [5.41, 5.74) is 1.80. The number of anilines is 1.